The highest BCUT2D eigenvalue weighted by atomic mass is 35.5. The van der Waals surface area contributed by atoms with E-state index in [1.54, 1.807) is 17.0 Å². The first-order valence-electron chi connectivity index (χ1n) is 27.4. The number of ether oxygens (including phenoxy) is 1. The zero-order chi connectivity index (χ0) is 56.3. The predicted octanol–water partition coefficient (Wildman–Crippen LogP) is 10.5. The van der Waals surface area contributed by atoms with Gasteiger partial charge in [-0.3, -0.25) is 14.6 Å². The lowest BCUT2D eigenvalue weighted by Crippen LogP contribution is -2.52. The highest BCUT2D eigenvalue weighted by molar-refractivity contribution is 7.99. The average Bonchev–Trinajstić information content (AvgIpc) is 4.04. The Hall–Kier alpha value is -4.83. The van der Waals surface area contributed by atoms with Crippen molar-refractivity contribution in [2.75, 3.05) is 94.5 Å². The molecule has 0 aromatic heterocycles. The highest BCUT2D eigenvalue weighted by Crippen LogP contribution is 2.45. The van der Waals surface area contributed by atoms with E-state index < -0.39 is 52.7 Å². The van der Waals surface area contributed by atoms with Gasteiger partial charge in [0.15, 0.2) is 0 Å². The van der Waals surface area contributed by atoms with E-state index in [-0.39, 0.29) is 22.8 Å². The van der Waals surface area contributed by atoms with Crippen LogP contribution in [0.15, 0.2) is 117 Å². The number of halogens is 4. The van der Waals surface area contributed by atoms with Gasteiger partial charge in [0.1, 0.15) is 10.5 Å². The molecule has 5 aliphatic rings. The van der Waals surface area contributed by atoms with Crippen molar-refractivity contribution >= 4 is 72.2 Å². The maximum atomic E-state index is 14.3. The number of allylic oxidation sites excluding steroid dienone is 1. The Morgan fingerprint density at radius 3 is 2.16 bits per heavy atom. The number of fused-ring (bicyclic) bond motifs is 2. The molecule has 4 fully saturated rings. The molecule has 2 aliphatic carbocycles. The Kier molecular flexibility index (Phi) is 18.1. The Balaban J connectivity index is 0.830. The number of benzene rings is 4. The molecule has 3 saturated heterocycles. The van der Waals surface area contributed by atoms with Crippen molar-refractivity contribution in [3.05, 3.63) is 119 Å². The second kappa shape index (κ2) is 24.3. The maximum Gasteiger partial charge on any atom is 0.501 e. The minimum atomic E-state index is -6.06. The highest BCUT2D eigenvalue weighted by Gasteiger charge is 2.49. The summed E-state index contributed by atoms with van der Waals surface area (Å²) in [5.41, 5.74) is -1.86. The summed E-state index contributed by atoms with van der Waals surface area (Å²) in [7, 11) is -10.9. The number of nitrogens with one attached hydrogen (secondary N) is 2. The normalized spacial score (nSPS) is 22.3. The fourth-order valence-electron chi connectivity index (χ4n) is 11.9. The van der Waals surface area contributed by atoms with Crippen LogP contribution in [0.2, 0.25) is 5.02 Å². The van der Waals surface area contributed by atoms with Crippen molar-refractivity contribution in [3.8, 4) is 0 Å². The first-order chi connectivity index (χ1) is 37.4. The Morgan fingerprint density at radius 2 is 1.53 bits per heavy atom. The van der Waals surface area contributed by atoms with Gasteiger partial charge in [-0.25, -0.2) is 26.4 Å². The largest absolute Gasteiger partial charge is 0.501 e. The second-order valence-corrected chi connectivity index (χ2v) is 28.4. The molecule has 79 heavy (non-hydrogen) atoms. The molecule has 428 valence electrons. The van der Waals surface area contributed by atoms with Gasteiger partial charge in [0.25, 0.3) is 25.8 Å². The van der Waals surface area contributed by atoms with E-state index in [0.717, 1.165) is 101 Å². The molecule has 2 N–H and O–H groups in total. The van der Waals surface area contributed by atoms with Crippen LogP contribution in [0, 0.1) is 11.3 Å². The summed E-state index contributed by atoms with van der Waals surface area (Å²) >= 11 is 7.81. The lowest BCUT2D eigenvalue weighted by molar-refractivity contribution is -0.0436. The van der Waals surface area contributed by atoms with E-state index in [9.17, 15) is 39.6 Å². The molecule has 4 aromatic carbocycles. The van der Waals surface area contributed by atoms with E-state index in [2.05, 4.69) is 44.0 Å². The van der Waals surface area contributed by atoms with Crippen LogP contribution in [0.5, 0.6) is 0 Å². The summed E-state index contributed by atoms with van der Waals surface area (Å²) in [5.74, 6) is 0.00189. The van der Waals surface area contributed by atoms with E-state index in [0.29, 0.717) is 67.9 Å². The van der Waals surface area contributed by atoms with Gasteiger partial charge in [-0.2, -0.15) is 13.2 Å². The molecule has 2 amide bonds. The molecule has 2 bridgehead atoms. The minimum absolute atomic E-state index is 0.00991. The number of thioether (sulfide) groups is 1. The zero-order valence-corrected chi connectivity index (χ0v) is 48.6. The molecule has 4 atom stereocenters. The summed E-state index contributed by atoms with van der Waals surface area (Å²) in [6.07, 6.45) is 6.55. The number of carbonyl (C=O) groups is 2. The molecular weight excluding hydrogens is 1100 g/mol. The molecule has 0 spiro atoms. The lowest BCUT2D eigenvalue weighted by Gasteiger charge is -2.44. The van der Waals surface area contributed by atoms with Gasteiger partial charge in [0.05, 0.1) is 10.6 Å². The van der Waals surface area contributed by atoms with Crippen molar-refractivity contribution in [3.63, 3.8) is 0 Å². The Morgan fingerprint density at radius 1 is 0.848 bits per heavy atom. The third-order valence-corrected chi connectivity index (χ3v) is 20.4. The number of rotatable bonds is 18. The van der Waals surface area contributed by atoms with Gasteiger partial charge in [-0.05, 0) is 155 Å². The number of alkyl halides is 3. The van der Waals surface area contributed by atoms with Crippen LogP contribution in [0.1, 0.15) is 88.6 Å². The van der Waals surface area contributed by atoms with Gasteiger partial charge in [0, 0.05) is 118 Å². The van der Waals surface area contributed by atoms with Crippen LogP contribution in [0.4, 0.5) is 29.3 Å². The van der Waals surface area contributed by atoms with Crippen LogP contribution in [-0.2, 0) is 24.6 Å². The van der Waals surface area contributed by atoms with E-state index in [1.807, 2.05) is 68.0 Å². The quantitative estimate of drug-likeness (QED) is 0.0910. The molecule has 4 aromatic rings. The molecule has 9 rings (SSSR count). The number of anilines is 2. The molecular formula is C58H73ClF3N7O7S3. The number of hydrogen-bond acceptors (Lipinski definition) is 13. The topological polar surface area (TPSA) is 152 Å². The zero-order valence-electron chi connectivity index (χ0n) is 45.4. The number of nitrogens with zero attached hydrogens (tertiary/aromatic N) is 5. The number of hydrogen-bond donors (Lipinski definition) is 2. The summed E-state index contributed by atoms with van der Waals surface area (Å²) in [5, 5.41) is 3.75. The molecule has 0 radical (unpaired) electrons. The third kappa shape index (κ3) is 14.8. The number of amides is 2. The second-order valence-electron chi connectivity index (χ2n) is 23.3. The fraction of sp³-hybridized carbons (Fsp3) is 0.517. The Labute approximate surface area is 473 Å². The Bertz CT molecular complexity index is 3060. The third-order valence-electron chi connectivity index (χ3n) is 16.1. The van der Waals surface area contributed by atoms with Crippen molar-refractivity contribution < 1.29 is 44.3 Å². The van der Waals surface area contributed by atoms with Crippen LogP contribution >= 0.6 is 23.4 Å². The number of piperazine rings is 2. The van der Waals surface area contributed by atoms with Gasteiger partial charge in [0.2, 0.25) is 0 Å². The van der Waals surface area contributed by atoms with Gasteiger partial charge in [-0.15, -0.1) is 11.8 Å². The van der Waals surface area contributed by atoms with Gasteiger partial charge < -0.3 is 24.8 Å². The van der Waals surface area contributed by atoms with Gasteiger partial charge >= 0.3 is 11.6 Å². The van der Waals surface area contributed by atoms with Crippen molar-refractivity contribution in [2.24, 2.45) is 11.3 Å². The van der Waals surface area contributed by atoms with Crippen molar-refractivity contribution in [2.45, 2.75) is 111 Å². The number of piperidine rings is 1. The lowest BCUT2D eigenvalue weighted by atomic mass is 9.71. The summed E-state index contributed by atoms with van der Waals surface area (Å²) in [6.45, 7) is 17.1. The average molecular weight is 1170 g/mol. The number of carbonyl (C=O) groups excluding carboxylic acids is 2. The molecule has 21 heteroatoms. The van der Waals surface area contributed by atoms with Crippen molar-refractivity contribution in [1.29, 1.82) is 0 Å². The fourth-order valence-corrected chi connectivity index (χ4v) is 15.1. The molecule has 3 unspecified atom stereocenters. The smallest absolute Gasteiger partial charge is 0.444 e. The van der Waals surface area contributed by atoms with Crippen LogP contribution in [-0.4, -0.2) is 156 Å². The first kappa shape index (κ1) is 58.8. The monoisotopic (exact) mass is 1170 g/mol. The van der Waals surface area contributed by atoms with E-state index in [1.165, 1.54) is 47.0 Å². The van der Waals surface area contributed by atoms with Crippen LogP contribution in [0.25, 0.3) is 5.57 Å². The summed E-state index contributed by atoms with van der Waals surface area (Å²) in [4.78, 5) is 36.5. The number of sulfone groups is 1. The minimum Gasteiger partial charge on any atom is -0.444 e. The SMILES string of the molecule is CC(C)(C)OC(=O)N1CCN(C[C@]2(C)CCC(c3ccc(Cl)cc3)=C(CN3CCN(c4ccc(C(=O)NS(=O)(=O)c5ccc(NC(CCN6CC7CCC6C7)CSc6ccccc6)c(S(=O)(=O)C(F)(F)F)c5)cc4)CC3)C2)CC1. The molecule has 14 nitrogen and oxygen atoms in total. The van der Waals surface area contributed by atoms with E-state index >= 15 is 0 Å². The van der Waals surface area contributed by atoms with E-state index in [4.69, 9.17) is 16.3 Å². The summed E-state index contributed by atoms with van der Waals surface area (Å²) in [6, 6.07) is 26.5. The van der Waals surface area contributed by atoms with Crippen molar-refractivity contribution in [1.82, 2.24) is 24.3 Å². The standard InChI is InChI=1S/C58H73ClF3N7O7S3/c1-56(2,3)76-55(71)68-32-28-66(29-33-68)40-57(4)24-22-51(42-11-15-45(59)16-12-42)44(36-57)38-65-26-30-67(31-27-65)47-18-13-43(14-19-47)54(70)64-79(74,75)50-20-21-52(53(35-50)78(72,73)58(60,61)62)63-46(39-77-49-8-6-5-7-9-49)23-25-69-37-41-10-17-48(69)34-41/h5-9,11-16,18-21,35,41,46,48,63H,10,17,22-34,36-40H2,1-4H3,(H,64,70)/t41?,46?,48?,57-/m1/s1. The summed E-state index contributed by atoms with van der Waals surface area (Å²) < 4.78 is 105. The predicted molar refractivity (Wildman–Crippen MR) is 306 cm³/mol. The molecule has 3 heterocycles. The van der Waals surface area contributed by atoms with Gasteiger partial charge in [-0.1, -0.05) is 54.4 Å². The first-order valence-corrected chi connectivity index (χ1v) is 31.7. The van der Waals surface area contributed by atoms with Crippen LogP contribution in [0.3, 0.4) is 0 Å². The molecule has 1 saturated carbocycles. The molecule has 3 aliphatic heterocycles. The number of likely N-dealkylation sites (tertiary alicyclic amines) is 1. The number of sulfonamides is 1. The van der Waals surface area contributed by atoms with Crippen LogP contribution < -0.4 is 14.9 Å². The maximum absolute atomic E-state index is 14.3.